The summed E-state index contributed by atoms with van der Waals surface area (Å²) in [6.07, 6.45) is 3.31. The van der Waals surface area contributed by atoms with Crippen LogP contribution in [0.1, 0.15) is 11.3 Å². The highest BCUT2D eigenvalue weighted by Gasteiger charge is 2.17. The van der Waals surface area contributed by atoms with E-state index in [1.165, 1.54) is 6.26 Å². The molecular formula is C17H16N2O4. The van der Waals surface area contributed by atoms with Crippen molar-refractivity contribution in [3.63, 3.8) is 0 Å². The monoisotopic (exact) mass is 312 g/mol. The van der Waals surface area contributed by atoms with Crippen LogP contribution in [0, 0.1) is 0 Å². The van der Waals surface area contributed by atoms with Crippen molar-refractivity contribution in [2.45, 2.75) is 6.54 Å². The molecule has 0 fully saturated rings. The topological polar surface area (TPSA) is 80.6 Å². The maximum atomic E-state index is 12.1. The number of hydrogen-bond donors (Lipinski definition) is 2. The molecule has 0 atom stereocenters. The number of ether oxygens (including phenoxy) is 1. The summed E-state index contributed by atoms with van der Waals surface area (Å²) in [4.78, 5) is 23.8. The summed E-state index contributed by atoms with van der Waals surface area (Å²) in [5.41, 5.74) is 1.34. The van der Waals surface area contributed by atoms with Gasteiger partial charge in [-0.2, -0.15) is 0 Å². The molecule has 0 aliphatic carbocycles. The van der Waals surface area contributed by atoms with Gasteiger partial charge in [0, 0.05) is 5.56 Å². The number of nitrogens with one attached hydrogen (secondary N) is 2. The minimum absolute atomic E-state index is 0.0987. The molecule has 2 amide bonds. The summed E-state index contributed by atoms with van der Waals surface area (Å²) in [6.45, 7) is 0.385. The van der Waals surface area contributed by atoms with Gasteiger partial charge in [-0.3, -0.25) is 9.59 Å². The molecule has 1 aromatic heterocycles. The fraction of sp³-hybridized carbons (Fsp3) is 0.176. The number of furan rings is 1. The summed E-state index contributed by atoms with van der Waals surface area (Å²) in [6, 6.07) is 11.0. The van der Waals surface area contributed by atoms with E-state index in [9.17, 15) is 9.59 Å². The van der Waals surface area contributed by atoms with Crippen LogP contribution in [0.15, 0.2) is 52.7 Å². The molecule has 0 saturated heterocycles. The van der Waals surface area contributed by atoms with E-state index in [-0.39, 0.29) is 25.0 Å². The fourth-order valence-corrected chi connectivity index (χ4v) is 2.18. The number of carbonyl (C=O) groups excluding carboxylic acids is 2. The molecule has 0 bridgehead atoms. The quantitative estimate of drug-likeness (QED) is 0.876. The zero-order chi connectivity index (χ0) is 16.1. The largest absolute Gasteiger partial charge is 0.488 e. The Bertz CT molecular complexity index is 735. The first-order chi connectivity index (χ1) is 11.2. The molecule has 1 aromatic carbocycles. The first-order valence-electron chi connectivity index (χ1n) is 7.22. The van der Waals surface area contributed by atoms with E-state index >= 15 is 0 Å². The number of hydrogen-bond acceptors (Lipinski definition) is 4. The highest BCUT2D eigenvalue weighted by Crippen LogP contribution is 2.25. The zero-order valence-electron chi connectivity index (χ0n) is 12.4. The van der Waals surface area contributed by atoms with E-state index < -0.39 is 0 Å². The van der Waals surface area contributed by atoms with Gasteiger partial charge in [-0.25, -0.2) is 0 Å². The first-order valence-corrected chi connectivity index (χ1v) is 7.22. The molecule has 23 heavy (non-hydrogen) atoms. The van der Waals surface area contributed by atoms with Crippen LogP contribution in [0.2, 0.25) is 0 Å². The molecule has 0 radical (unpaired) electrons. The summed E-state index contributed by atoms with van der Waals surface area (Å²) >= 11 is 0. The normalized spacial score (nSPS) is 12.6. The minimum Gasteiger partial charge on any atom is -0.488 e. The average Bonchev–Trinajstić information content (AvgIpc) is 3.11. The molecule has 118 valence electrons. The van der Waals surface area contributed by atoms with Gasteiger partial charge < -0.3 is 19.8 Å². The second-order valence-corrected chi connectivity index (χ2v) is 5.03. The number of amides is 2. The van der Waals surface area contributed by atoms with Crippen LogP contribution < -0.4 is 15.4 Å². The minimum atomic E-state index is -0.312. The lowest BCUT2D eigenvalue weighted by molar-refractivity contribution is -0.124. The van der Waals surface area contributed by atoms with Gasteiger partial charge >= 0.3 is 0 Å². The standard InChI is InChI=1S/C17H16N2O4/c20-16(18-9-14-5-3-7-22-14)10-19-17(21)13-8-12-4-1-2-6-15(12)23-11-13/h1-8H,9-11H2,(H,18,20)(H,19,21). The second-order valence-electron chi connectivity index (χ2n) is 5.03. The first kappa shape index (κ1) is 14.9. The number of para-hydroxylation sites is 1. The fourth-order valence-electron chi connectivity index (χ4n) is 2.18. The van der Waals surface area contributed by atoms with E-state index in [2.05, 4.69) is 10.6 Å². The molecule has 2 heterocycles. The Kier molecular flexibility index (Phi) is 4.42. The summed E-state index contributed by atoms with van der Waals surface area (Å²) < 4.78 is 10.6. The molecule has 6 nitrogen and oxygen atoms in total. The molecule has 2 aromatic rings. The van der Waals surface area contributed by atoms with Crippen LogP contribution >= 0.6 is 0 Å². The Labute approximate surface area is 133 Å². The van der Waals surface area contributed by atoms with E-state index in [0.29, 0.717) is 17.9 Å². The van der Waals surface area contributed by atoms with Crippen LogP contribution in [-0.2, 0) is 16.1 Å². The van der Waals surface area contributed by atoms with E-state index in [0.717, 1.165) is 11.3 Å². The van der Waals surface area contributed by atoms with Crippen molar-refractivity contribution in [2.75, 3.05) is 13.2 Å². The van der Waals surface area contributed by atoms with E-state index in [1.807, 2.05) is 24.3 Å². The Morgan fingerprint density at radius 1 is 1.09 bits per heavy atom. The van der Waals surface area contributed by atoms with Crippen molar-refractivity contribution in [2.24, 2.45) is 0 Å². The van der Waals surface area contributed by atoms with Crippen molar-refractivity contribution in [1.29, 1.82) is 0 Å². The third-order valence-corrected chi connectivity index (χ3v) is 3.37. The third-order valence-electron chi connectivity index (χ3n) is 3.37. The maximum absolute atomic E-state index is 12.1. The number of carbonyl (C=O) groups is 2. The predicted molar refractivity (Wildman–Crippen MR) is 83.5 cm³/mol. The lowest BCUT2D eigenvalue weighted by Crippen LogP contribution is -2.38. The van der Waals surface area contributed by atoms with Gasteiger partial charge in [0.05, 0.1) is 24.9 Å². The molecule has 6 heteroatoms. The average molecular weight is 312 g/mol. The highest BCUT2D eigenvalue weighted by molar-refractivity contribution is 6.00. The van der Waals surface area contributed by atoms with Gasteiger partial charge in [0.2, 0.25) is 5.91 Å². The van der Waals surface area contributed by atoms with Gasteiger partial charge in [0.1, 0.15) is 18.1 Å². The second kappa shape index (κ2) is 6.83. The van der Waals surface area contributed by atoms with Crippen LogP contribution in [-0.4, -0.2) is 25.0 Å². The van der Waals surface area contributed by atoms with Crippen LogP contribution in [0.3, 0.4) is 0 Å². The van der Waals surface area contributed by atoms with E-state index in [1.54, 1.807) is 18.2 Å². The van der Waals surface area contributed by atoms with Gasteiger partial charge in [0.25, 0.3) is 5.91 Å². The number of fused-ring (bicyclic) bond motifs is 1. The third kappa shape index (κ3) is 3.79. The number of benzene rings is 1. The SMILES string of the molecule is O=C(CNC(=O)C1=Cc2ccccc2OC1)NCc1ccco1. The summed E-state index contributed by atoms with van der Waals surface area (Å²) in [7, 11) is 0. The Morgan fingerprint density at radius 3 is 2.78 bits per heavy atom. The smallest absolute Gasteiger partial charge is 0.251 e. The van der Waals surface area contributed by atoms with Crippen LogP contribution in [0.5, 0.6) is 5.75 Å². The molecule has 0 spiro atoms. The lowest BCUT2D eigenvalue weighted by Gasteiger charge is -2.17. The number of rotatable bonds is 5. The highest BCUT2D eigenvalue weighted by atomic mass is 16.5. The van der Waals surface area contributed by atoms with Gasteiger partial charge in [-0.05, 0) is 24.3 Å². The molecule has 3 rings (SSSR count). The van der Waals surface area contributed by atoms with Crippen molar-refractivity contribution in [1.82, 2.24) is 10.6 Å². The molecule has 1 aliphatic heterocycles. The van der Waals surface area contributed by atoms with Crippen molar-refractivity contribution in [3.8, 4) is 5.75 Å². The Hall–Kier alpha value is -3.02. The van der Waals surface area contributed by atoms with Gasteiger partial charge in [0.15, 0.2) is 0 Å². The van der Waals surface area contributed by atoms with Crippen molar-refractivity contribution < 1.29 is 18.7 Å². The maximum Gasteiger partial charge on any atom is 0.251 e. The van der Waals surface area contributed by atoms with E-state index in [4.69, 9.17) is 9.15 Å². The molecular weight excluding hydrogens is 296 g/mol. The molecule has 0 saturated carbocycles. The van der Waals surface area contributed by atoms with Crippen molar-refractivity contribution >= 4 is 17.9 Å². The van der Waals surface area contributed by atoms with Gasteiger partial charge in [-0.1, -0.05) is 18.2 Å². The molecule has 1 aliphatic rings. The van der Waals surface area contributed by atoms with Gasteiger partial charge in [-0.15, -0.1) is 0 Å². The van der Waals surface area contributed by atoms with Crippen molar-refractivity contribution in [3.05, 3.63) is 59.6 Å². The summed E-state index contributed by atoms with van der Waals surface area (Å²) in [5, 5.41) is 5.24. The predicted octanol–water partition coefficient (Wildman–Crippen LogP) is 1.49. The molecule has 0 unspecified atom stereocenters. The Balaban J connectivity index is 1.50. The Morgan fingerprint density at radius 2 is 1.96 bits per heavy atom. The molecule has 2 N–H and O–H groups in total. The summed E-state index contributed by atoms with van der Waals surface area (Å²) in [5.74, 6) is 0.810. The zero-order valence-corrected chi connectivity index (χ0v) is 12.4. The van der Waals surface area contributed by atoms with Crippen LogP contribution in [0.25, 0.3) is 6.08 Å². The lowest BCUT2D eigenvalue weighted by atomic mass is 10.1. The van der Waals surface area contributed by atoms with Crippen LogP contribution in [0.4, 0.5) is 0 Å².